The van der Waals surface area contributed by atoms with Gasteiger partial charge in [0.1, 0.15) is 11.5 Å². The molecule has 0 saturated carbocycles. The molecule has 2 aromatic heterocycles. The third kappa shape index (κ3) is 3.44. The second-order valence-electron chi connectivity index (χ2n) is 5.67. The molecule has 1 fully saturated rings. The number of carbonyl (C=O) groups excluding carboxylic acids is 1. The first-order chi connectivity index (χ1) is 10.7. The van der Waals surface area contributed by atoms with Gasteiger partial charge in [-0.15, -0.1) is 0 Å². The number of anilines is 1. The van der Waals surface area contributed by atoms with E-state index in [-0.39, 0.29) is 5.91 Å². The molecule has 0 bridgehead atoms. The molecule has 1 N–H and O–H groups in total. The Hall–Kier alpha value is -2.37. The average Bonchev–Trinajstić information content (AvgIpc) is 3.07. The average molecular weight is 300 g/mol. The zero-order valence-electron chi connectivity index (χ0n) is 12.7. The number of likely N-dealkylation sites (tertiary alicyclic amines) is 1. The minimum atomic E-state index is -0.0182. The van der Waals surface area contributed by atoms with Crippen LogP contribution in [0.4, 0.5) is 5.95 Å². The highest BCUT2D eigenvalue weighted by molar-refractivity contribution is 5.92. The van der Waals surface area contributed by atoms with Gasteiger partial charge in [0.05, 0.1) is 12.8 Å². The molecule has 3 rings (SSSR count). The van der Waals surface area contributed by atoms with Gasteiger partial charge in [-0.2, -0.15) is 0 Å². The molecule has 6 heteroatoms. The molecule has 0 unspecified atom stereocenters. The van der Waals surface area contributed by atoms with Gasteiger partial charge in [-0.05, 0) is 37.0 Å². The third-order valence-electron chi connectivity index (χ3n) is 3.95. The molecule has 3 heterocycles. The van der Waals surface area contributed by atoms with Crippen LogP contribution in [0.3, 0.4) is 0 Å². The second-order valence-corrected chi connectivity index (χ2v) is 5.67. The Bertz CT molecular complexity index is 619. The number of amides is 1. The summed E-state index contributed by atoms with van der Waals surface area (Å²) in [5, 5.41) is 3.07. The fraction of sp³-hybridized carbons (Fsp3) is 0.438. The molecular formula is C16H20N4O2. The lowest BCUT2D eigenvalue weighted by atomic mass is 9.99. The zero-order chi connectivity index (χ0) is 15.4. The lowest BCUT2D eigenvalue weighted by molar-refractivity contribution is 0.0691. The molecule has 0 spiro atoms. The van der Waals surface area contributed by atoms with Crippen LogP contribution in [0.15, 0.2) is 35.1 Å². The Morgan fingerprint density at radius 2 is 2.23 bits per heavy atom. The summed E-state index contributed by atoms with van der Waals surface area (Å²) in [6.07, 6.45) is 5.34. The van der Waals surface area contributed by atoms with Crippen molar-refractivity contribution in [2.45, 2.75) is 26.3 Å². The number of nitrogens with zero attached hydrogens (tertiary/aromatic N) is 3. The predicted octanol–water partition coefficient (Wildman–Crippen LogP) is 2.55. The highest BCUT2D eigenvalue weighted by atomic mass is 16.3. The topological polar surface area (TPSA) is 71.3 Å². The van der Waals surface area contributed by atoms with Crippen LogP contribution >= 0.6 is 0 Å². The van der Waals surface area contributed by atoms with Gasteiger partial charge in [0.15, 0.2) is 0 Å². The van der Waals surface area contributed by atoms with E-state index in [0.717, 1.165) is 31.7 Å². The van der Waals surface area contributed by atoms with Gasteiger partial charge >= 0.3 is 0 Å². The number of rotatable bonds is 4. The van der Waals surface area contributed by atoms with Crippen molar-refractivity contribution in [2.24, 2.45) is 5.92 Å². The minimum Gasteiger partial charge on any atom is -0.467 e. The van der Waals surface area contributed by atoms with Crippen molar-refractivity contribution in [3.8, 4) is 0 Å². The van der Waals surface area contributed by atoms with Crippen molar-refractivity contribution in [3.05, 3.63) is 42.1 Å². The first-order valence-corrected chi connectivity index (χ1v) is 7.61. The molecule has 0 aliphatic carbocycles. The van der Waals surface area contributed by atoms with E-state index in [1.165, 1.54) is 0 Å². The number of hydrogen-bond acceptors (Lipinski definition) is 5. The van der Waals surface area contributed by atoms with Crippen molar-refractivity contribution < 1.29 is 9.21 Å². The van der Waals surface area contributed by atoms with Crippen molar-refractivity contribution in [1.82, 2.24) is 14.9 Å². The number of hydrogen-bond donors (Lipinski definition) is 1. The summed E-state index contributed by atoms with van der Waals surface area (Å²) in [5.74, 6) is 1.91. The van der Waals surface area contributed by atoms with Crippen LogP contribution in [0.1, 0.15) is 36.0 Å². The van der Waals surface area contributed by atoms with Crippen molar-refractivity contribution in [3.63, 3.8) is 0 Å². The number of furan rings is 1. The number of carbonyl (C=O) groups is 1. The van der Waals surface area contributed by atoms with Crippen LogP contribution in [0, 0.1) is 5.92 Å². The Kier molecular flexibility index (Phi) is 4.37. The Morgan fingerprint density at radius 1 is 1.41 bits per heavy atom. The monoisotopic (exact) mass is 300 g/mol. The number of piperidine rings is 1. The van der Waals surface area contributed by atoms with E-state index in [9.17, 15) is 4.79 Å². The number of nitrogens with one attached hydrogen (secondary N) is 1. The maximum atomic E-state index is 12.5. The molecule has 1 saturated heterocycles. The van der Waals surface area contributed by atoms with E-state index in [1.54, 1.807) is 18.5 Å². The fourth-order valence-electron chi connectivity index (χ4n) is 2.52. The molecule has 116 valence electrons. The van der Waals surface area contributed by atoms with Crippen LogP contribution < -0.4 is 5.32 Å². The summed E-state index contributed by atoms with van der Waals surface area (Å²) in [6, 6.07) is 5.37. The van der Waals surface area contributed by atoms with Crippen LogP contribution in [0.2, 0.25) is 0 Å². The molecule has 0 radical (unpaired) electrons. The summed E-state index contributed by atoms with van der Waals surface area (Å²) >= 11 is 0. The quantitative estimate of drug-likeness (QED) is 0.939. The maximum Gasteiger partial charge on any atom is 0.272 e. The largest absolute Gasteiger partial charge is 0.467 e. The fourth-order valence-corrected chi connectivity index (χ4v) is 2.52. The smallest absolute Gasteiger partial charge is 0.272 e. The van der Waals surface area contributed by atoms with Crippen molar-refractivity contribution in [2.75, 3.05) is 18.4 Å². The Morgan fingerprint density at radius 3 is 2.95 bits per heavy atom. The SMILES string of the molecule is CC1CCN(C(=O)c2ccnc(NCc3ccco3)n2)CC1. The molecule has 1 amide bonds. The van der Waals surface area contributed by atoms with Gasteiger partial charge in [0, 0.05) is 19.3 Å². The first-order valence-electron chi connectivity index (χ1n) is 7.61. The van der Waals surface area contributed by atoms with Gasteiger partial charge in [-0.1, -0.05) is 6.92 Å². The van der Waals surface area contributed by atoms with E-state index in [1.807, 2.05) is 17.0 Å². The standard InChI is InChI=1S/C16H20N4O2/c1-12-5-8-20(9-6-12)15(21)14-4-7-17-16(19-14)18-11-13-3-2-10-22-13/h2-4,7,10,12H,5-6,8-9,11H2,1H3,(H,17,18,19). The molecule has 0 atom stereocenters. The summed E-state index contributed by atoms with van der Waals surface area (Å²) in [7, 11) is 0. The summed E-state index contributed by atoms with van der Waals surface area (Å²) in [6.45, 7) is 4.33. The molecule has 2 aromatic rings. The summed E-state index contributed by atoms with van der Waals surface area (Å²) in [5.41, 5.74) is 0.437. The summed E-state index contributed by atoms with van der Waals surface area (Å²) < 4.78 is 5.24. The van der Waals surface area contributed by atoms with E-state index >= 15 is 0 Å². The molecule has 6 nitrogen and oxygen atoms in total. The van der Waals surface area contributed by atoms with Crippen molar-refractivity contribution in [1.29, 1.82) is 0 Å². The Labute approximate surface area is 129 Å². The van der Waals surface area contributed by atoms with Gasteiger partial charge in [0.2, 0.25) is 5.95 Å². The van der Waals surface area contributed by atoms with Gasteiger partial charge in [-0.25, -0.2) is 9.97 Å². The minimum absolute atomic E-state index is 0.0182. The van der Waals surface area contributed by atoms with Crippen LogP contribution in [0.5, 0.6) is 0 Å². The highest BCUT2D eigenvalue weighted by Crippen LogP contribution is 2.18. The first kappa shape index (κ1) is 14.6. The van der Waals surface area contributed by atoms with Crippen LogP contribution in [-0.2, 0) is 6.54 Å². The maximum absolute atomic E-state index is 12.5. The lowest BCUT2D eigenvalue weighted by Crippen LogP contribution is -2.38. The zero-order valence-corrected chi connectivity index (χ0v) is 12.7. The predicted molar refractivity (Wildman–Crippen MR) is 82.4 cm³/mol. The molecule has 1 aliphatic rings. The van der Waals surface area contributed by atoms with E-state index in [2.05, 4.69) is 22.2 Å². The van der Waals surface area contributed by atoms with Crippen LogP contribution in [0.25, 0.3) is 0 Å². The van der Waals surface area contributed by atoms with E-state index in [0.29, 0.717) is 24.1 Å². The van der Waals surface area contributed by atoms with Crippen molar-refractivity contribution >= 4 is 11.9 Å². The molecule has 22 heavy (non-hydrogen) atoms. The molecule has 0 aromatic carbocycles. The van der Waals surface area contributed by atoms with Gasteiger partial charge < -0.3 is 14.6 Å². The second kappa shape index (κ2) is 6.60. The molecule has 1 aliphatic heterocycles. The van der Waals surface area contributed by atoms with Gasteiger partial charge in [0.25, 0.3) is 5.91 Å². The third-order valence-corrected chi connectivity index (χ3v) is 3.95. The Balaban J connectivity index is 1.64. The van der Waals surface area contributed by atoms with Gasteiger partial charge in [-0.3, -0.25) is 4.79 Å². The molecular weight excluding hydrogens is 280 g/mol. The van der Waals surface area contributed by atoms with Crippen LogP contribution in [-0.4, -0.2) is 33.9 Å². The normalized spacial score (nSPS) is 15.8. The number of aromatic nitrogens is 2. The lowest BCUT2D eigenvalue weighted by Gasteiger charge is -2.30. The highest BCUT2D eigenvalue weighted by Gasteiger charge is 2.22. The van der Waals surface area contributed by atoms with E-state index < -0.39 is 0 Å². The van der Waals surface area contributed by atoms with E-state index in [4.69, 9.17) is 4.42 Å². The summed E-state index contributed by atoms with van der Waals surface area (Å²) in [4.78, 5) is 22.8.